The first-order valence-electron chi connectivity index (χ1n) is 12.7. The van der Waals surface area contributed by atoms with Crippen LogP contribution in [0, 0.1) is 5.82 Å². The third kappa shape index (κ3) is 8.15. The Morgan fingerprint density at radius 3 is 2.27 bits per heavy atom. The molecule has 0 aromatic heterocycles. The largest absolute Gasteiger partial charge is 0.484 e. The zero-order chi connectivity index (χ0) is 26.0. The minimum absolute atomic E-state index is 0.112. The van der Waals surface area contributed by atoms with E-state index in [1.54, 1.807) is 29.2 Å². The van der Waals surface area contributed by atoms with E-state index in [1.807, 2.05) is 42.5 Å². The molecule has 4 rings (SSSR count). The van der Waals surface area contributed by atoms with Crippen molar-refractivity contribution in [3.8, 4) is 5.75 Å². The van der Waals surface area contributed by atoms with E-state index in [1.165, 1.54) is 18.6 Å². The summed E-state index contributed by atoms with van der Waals surface area (Å²) in [4.78, 5) is 28.9. The Morgan fingerprint density at radius 2 is 1.59 bits per heavy atom. The molecular weight excluding hydrogens is 535 g/mol. The average Bonchev–Trinajstić information content (AvgIpc) is 2.92. The summed E-state index contributed by atoms with van der Waals surface area (Å²) in [6.45, 7) is -0.0524. The van der Waals surface area contributed by atoms with Crippen molar-refractivity contribution in [3.05, 3.63) is 100 Å². The lowest BCUT2D eigenvalue weighted by Gasteiger charge is -2.33. The molecule has 1 atom stereocenters. The molecule has 0 heterocycles. The van der Waals surface area contributed by atoms with Crippen LogP contribution in [0.1, 0.15) is 43.2 Å². The van der Waals surface area contributed by atoms with E-state index in [9.17, 15) is 14.0 Å². The number of carbonyl (C=O) groups excluding carboxylic acids is 2. The van der Waals surface area contributed by atoms with E-state index < -0.39 is 6.04 Å². The molecule has 194 valence electrons. The molecule has 1 saturated carbocycles. The monoisotopic (exact) mass is 566 g/mol. The summed E-state index contributed by atoms with van der Waals surface area (Å²) in [5, 5.41) is 3.21. The summed E-state index contributed by atoms with van der Waals surface area (Å²) in [5.74, 6) is -0.276. The number of carbonyl (C=O) groups is 2. The van der Waals surface area contributed by atoms with E-state index >= 15 is 0 Å². The van der Waals surface area contributed by atoms with Crippen molar-refractivity contribution in [2.75, 3.05) is 6.61 Å². The van der Waals surface area contributed by atoms with Crippen LogP contribution in [-0.4, -0.2) is 35.4 Å². The zero-order valence-corrected chi connectivity index (χ0v) is 22.3. The Balaban J connectivity index is 1.59. The fourth-order valence-electron chi connectivity index (χ4n) is 4.64. The predicted molar refractivity (Wildman–Crippen MR) is 146 cm³/mol. The van der Waals surface area contributed by atoms with Crippen molar-refractivity contribution in [2.45, 2.75) is 57.2 Å². The number of benzene rings is 3. The molecule has 0 radical (unpaired) electrons. The van der Waals surface area contributed by atoms with Gasteiger partial charge in [0.2, 0.25) is 5.91 Å². The average molecular weight is 567 g/mol. The molecule has 0 spiro atoms. The standard InChI is InChI=1S/C30H32BrFN2O3/c31-24-13-17-27(18-14-24)37-21-29(35)34(20-23-11-15-25(32)16-12-23)28(19-22-7-3-1-4-8-22)30(36)33-26-9-5-2-6-10-26/h1,3-4,7-8,11-18,26,28H,2,5-6,9-10,19-21H2,(H,33,36)/t28-/m0/s1. The van der Waals surface area contributed by atoms with Crippen molar-refractivity contribution in [1.82, 2.24) is 10.2 Å². The van der Waals surface area contributed by atoms with Gasteiger partial charge in [0.25, 0.3) is 5.91 Å². The van der Waals surface area contributed by atoms with Crippen molar-refractivity contribution in [1.29, 1.82) is 0 Å². The summed E-state index contributed by atoms with van der Waals surface area (Å²) >= 11 is 3.40. The van der Waals surface area contributed by atoms with Crippen LogP contribution in [0.25, 0.3) is 0 Å². The SMILES string of the molecule is O=C(NC1CCCCC1)[C@H](Cc1ccccc1)N(Cc1ccc(F)cc1)C(=O)COc1ccc(Br)cc1. The Labute approximate surface area is 226 Å². The first-order chi connectivity index (χ1) is 18.0. The Morgan fingerprint density at radius 1 is 0.919 bits per heavy atom. The van der Waals surface area contributed by atoms with Crippen LogP contribution in [0.2, 0.25) is 0 Å². The number of rotatable bonds is 10. The number of nitrogens with zero attached hydrogens (tertiary/aromatic N) is 1. The molecule has 1 fully saturated rings. The maximum Gasteiger partial charge on any atom is 0.261 e. The van der Waals surface area contributed by atoms with Gasteiger partial charge in [-0.3, -0.25) is 9.59 Å². The van der Waals surface area contributed by atoms with Crippen LogP contribution >= 0.6 is 15.9 Å². The van der Waals surface area contributed by atoms with Gasteiger partial charge in [-0.2, -0.15) is 0 Å². The number of ether oxygens (including phenoxy) is 1. The van der Waals surface area contributed by atoms with Gasteiger partial charge in [-0.05, 0) is 60.4 Å². The summed E-state index contributed by atoms with van der Waals surface area (Å²) < 4.78 is 20.3. The summed E-state index contributed by atoms with van der Waals surface area (Å²) in [5.41, 5.74) is 1.69. The molecule has 3 aromatic rings. The Kier molecular flexibility index (Phi) is 9.71. The minimum Gasteiger partial charge on any atom is -0.484 e. The Bertz CT molecular complexity index is 1150. The highest BCUT2D eigenvalue weighted by Gasteiger charge is 2.32. The van der Waals surface area contributed by atoms with Crippen LogP contribution in [-0.2, 0) is 22.6 Å². The van der Waals surface area contributed by atoms with Crippen LogP contribution in [0.4, 0.5) is 4.39 Å². The minimum atomic E-state index is -0.740. The van der Waals surface area contributed by atoms with Crippen LogP contribution in [0.5, 0.6) is 5.75 Å². The van der Waals surface area contributed by atoms with Gasteiger partial charge >= 0.3 is 0 Å². The highest BCUT2D eigenvalue weighted by molar-refractivity contribution is 9.10. The van der Waals surface area contributed by atoms with Crippen LogP contribution in [0.3, 0.4) is 0 Å². The van der Waals surface area contributed by atoms with E-state index in [-0.39, 0.29) is 36.8 Å². The van der Waals surface area contributed by atoms with E-state index in [0.717, 1.165) is 41.3 Å². The van der Waals surface area contributed by atoms with Crippen molar-refractivity contribution in [3.63, 3.8) is 0 Å². The lowest BCUT2D eigenvalue weighted by atomic mass is 9.94. The number of hydrogen-bond donors (Lipinski definition) is 1. The molecular formula is C30H32BrFN2O3. The number of nitrogens with one attached hydrogen (secondary N) is 1. The maximum atomic E-state index is 13.7. The molecule has 0 aliphatic heterocycles. The van der Waals surface area contributed by atoms with E-state index in [2.05, 4.69) is 21.2 Å². The molecule has 0 saturated heterocycles. The van der Waals surface area contributed by atoms with Gasteiger partial charge in [0.05, 0.1) is 0 Å². The highest BCUT2D eigenvalue weighted by atomic mass is 79.9. The summed E-state index contributed by atoms with van der Waals surface area (Å²) in [7, 11) is 0. The predicted octanol–water partition coefficient (Wildman–Crippen LogP) is 6.06. The summed E-state index contributed by atoms with van der Waals surface area (Å²) in [6, 6.07) is 22.3. The second kappa shape index (κ2) is 13.4. The number of amides is 2. The molecule has 1 aliphatic rings. The van der Waals surface area contributed by atoms with E-state index in [4.69, 9.17) is 4.74 Å². The molecule has 37 heavy (non-hydrogen) atoms. The summed E-state index contributed by atoms with van der Waals surface area (Å²) in [6.07, 6.45) is 5.62. The topological polar surface area (TPSA) is 58.6 Å². The molecule has 0 unspecified atom stereocenters. The van der Waals surface area contributed by atoms with Crippen molar-refractivity contribution >= 4 is 27.7 Å². The fourth-order valence-corrected chi connectivity index (χ4v) is 4.91. The third-order valence-electron chi connectivity index (χ3n) is 6.66. The second-order valence-corrected chi connectivity index (χ2v) is 10.4. The molecule has 1 N–H and O–H groups in total. The molecule has 1 aliphatic carbocycles. The second-order valence-electron chi connectivity index (χ2n) is 9.44. The van der Waals surface area contributed by atoms with Gasteiger partial charge in [0, 0.05) is 23.5 Å². The van der Waals surface area contributed by atoms with E-state index in [0.29, 0.717) is 12.2 Å². The van der Waals surface area contributed by atoms with Gasteiger partial charge in [-0.15, -0.1) is 0 Å². The molecule has 2 amide bonds. The Hall–Kier alpha value is -3.19. The van der Waals surface area contributed by atoms with Gasteiger partial charge in [-0.25, -0.2) is 4.39 Å². The number of hydrogen-bond acceptors (Lipinski definition) is 3. The normalized spacial score (nSPS) is 14.5. The molecule has 3 aromatic carbocycles. The van der Waals surface area contributed by atoms with Gasteiger partial charge in [0.1, 0.15) is 17.6 Å². The fraction of sp³-hybridized carbons (Fsp3) is 0.333. The maximum absolute atomic E-state index is 13.7. The lowest BCUT2D eigenvalue weighted by Crippen LogP contribution is -2.53. The van der Waals surface area contributed by atoms with Crippen LogP contribution in [0.15, 0.2) is 83.3 Å². The zero-order valence-electron chi connectivity index (χ0n) is 20.7. The third-order valence-corrected chi connectivity index (χ3v) is 7.19. The van der Waals surface area contributed by atoms with Gasteiger partial charge in [-0.1, -0.05) is 77.7 Å². The first kappa shape index (κ1) is 26.9. The number of halogens is 2. The van der Waals surface area contributed by atoms with Gasteiger partial charge < -0.3 is 15.0 Å². The smallest absolute Gasteiger partial charge is 0.261 e. The highest BCUT2D eigenvalue weighted by Crippen LogP contribution is 2.21. The van der Waals surface area contributed by atoms with Crippen LogP contribution < -0.4 is 10.1 Å². The molecule has 5 nitrogen and oxygen atoms in total. The quantitative estimate of drug-likeness (QED) is 0.324. The van der Waals surface area contributed by atoms with Crippen molar-refractivity contribution in [2.24, 2.45) is 0 Å². The first-order valence-corrected chi connectivity index (χ1v) is 13.5. The molecule has 0 bridgehead atoms. The van der Waals surface area contributed by atoms with Crippen molar-refractivity contribution < 1.29 is 18.7 Å². The lowest BCUT2D eigenvalue weighted by molar-refractivity contribution is -0.143. The molecule has 7 heteroatoms. The van der Waals surface area contributed by atoms with Gasteiger partial charge in [0.15, 0.2) is 6.61 Å².